The zero-order chi connectivity index (χ0) is 16.9. The van der Waals surface area contributed by atoms with Crippen LogP contribution in [-0.2, 0) is 6.54 Å². The minimum Gasteiger partial charge on any atom is -0.399 e. The zero-order valence-electron chi connectivity index (χ0n) is 14.6. The second kappa shape index (κ2) is 7.49. The van der Waals surface area contributed by atoms with Gasteiger partial charge >= 0.3 is 0 Å². The summed E-state index contributed by atoms with van der Waals surface area (Å²) in [6, 6.07) is 14.2. The summed E-state index contributed by atoms with van der Waals surface area (Å²) in [5.74, 6) is 0. The van der Waals surface area contributed by atoms with E-state index in [0.29, 0.717) is 0 Å². The molecule has 3 aromatic rings. The standard InChI is InChI=1S/C20H26N4/c1-3-5-13-23(4-2)15-18-20(16-9-11-17(21)12-10-16)22-19-8-6-7-14-24(18)19/h6-12,14H,3-5,13,15,21H2,1-2H3. The van der Waals surface area contributed by atoms with Crippen LogP contribution >= 0.6 is 0 Å². The Morgan fingerprint density at radius 3 is 2.58 bits per heavy atom. The van der Waals surface area contributed by atoms with Crippen molar-refractivity contribution in [2.45, 2.75) is 33.2 Å². The van der Waals surface area contributed by atoms with E-state index in [-0.39, 0.29) is 0 Å². The number of hydrogen-bond acceptors (Lipinski definition) is 3. The van der Waals surface area contributed by atoms with E-state index in [1.807, 2.05) is 18.2 Å². The molecule has 0 spiro atoms. The van der Waals surface area contributed by atoms with Gasteiger partial charge in [0.05, 0.1) is 11.4 Å². The molecule has 24 heavy (non-hydrogen) atoms. The first-order valence-electron chi connectivity index (χ1n) is 8.77. The van der Waals surface area contributed by atoms with E-state index in [1.165, 1.54) is 18.5 Å². The molecule has 0 fully saturated rings. The van der Waals surface area contributed by atoms with Crippen LogP contribution in [-0.4, -0.2) is 27.4 Å². The summed E-state index contributed by atoms with van der Waals surface area (Å²) in [7, 11) is 0. The van der Waals surface area contributed by atoms with Gasteiger partial charge in [-0.1, -0.05) is 38.5 Å². The highest BCUT2D eigenvalue weighted by Crippen LogP contribution is 2.26. The zero-order valence-corrected chi connectivity index (χ0v) is 14.6. The lowest BCUT2D eigenvalue weighted by molar-refractivity contribution is 0.272. The predicted molar refractivity (Wildman–Crippen MR) is 101 cm³/mol. The van der Waals surface area contributed by atoms with Crippen LogP contribution in [0.3, 0.4) is 0 Å². The number of benzene rings is 1. The van der Waals surface area contributed by atoms with Gasteiger partial charge in [0.25, 0.3) is 0 Å². The molecule has 4 nitrogen and oxygen atoms in total. The van der Waals surface area contributed by atoms with Crippen molar-refractivity contribution in [2.24, 2.45) is 0 Å². The summed E-state index contributed by atoms with van der Waals surface area (Å²) < 4.78 is 2.21. The van der Waals surface area contributed by atoms with Gasteiger partial charge in [0, 0.05) is 24.0 Å². The molecule has 0 bridgehead atoms. The molecule has 4 heteroatoms. The van der Waals surface area contributed by atoms with Crippen molar-refractivity contribution in [1.82, 2.24) is 14.3 Å². The fourth-order valence-corrected chi connectivity index (χ4v) is 3.01. The van der Waals surface area contributed by atoms with E-state index >= 15 is 0 Å². The van der Waals surface area contributed by atoms with E-state index in [2.05, 4.69) is 53.6 Å². The lowest BCUT2D eigenvalue weighted by Crippen LogP contribution is -2.25. The Kier molecular flexibility index (Phi) is 5.16. The maximum absolute atomic E-state index is 5.84. The van der Waals surface area contributed by atoms with Gasteiger partial charge in [0.15, 0.2) is 0 Å². The molecule has 0 aliphatic heterocycles. The highest BCUT2D eigenvalue weighted by Gasteiger charge is 2.16. The normalized spacial score (nSPS) is 11.5. The molecule has 1 aromatic carbocycles. The highest BCUT2D eigenvalue weighted by molar-refractivity contribution is 5.68. The van der Waals surface area contributed by atoms with Crippen LogP contribution in [0.4, 0.5) is 5.69 Å². The predicted octanol–water partition coefficient (Wildman–Crippen LogP) is 4.21. The summed E-state index contributed by atoms with van der Waals surface area (Å²) in [6.07, 6.45) is 4.54. The number of unbranched alkanes of at least 4 members (excludes halogenated alkanes) is 1. The summed E-state index contributed by atoms with van der Waals surface area (Å²) >= 11 is 0. The first-order chi connectivity index (χ1) is 11.7. The number of nitrogen functional groups attached to an aromatic ring is 1. The van der Waals surface area contributed by atoms with Crippen LogP contribution in [0.5, 0.6) is 0 Å². The molecule has 2 N–H and O–H groups in total. The summed E-state index contributed by atoms with van der Waals surface area (Å²) in [5.41, 5.74) is 11.0. The molecular weight excluding hydrogens is 296 g/mol. The van der Waals surface area contributed by atoms with Crippen LogP contribution in [0.2, 0.25) is 0 Å². The lowest BCUT2D eigenvalue weighted by atomic mass is 10.1. The van der Waals surface area contributed by atoms with E-state index in [4.69, 9.17) is 10.7 Å². The first-order valence-corrected chi connectivity index (χ1v) is 8.77. The highest BCUT2D eigenvalue weighted by atomic mass is 15.1. The average Bonchev–Trinajstić information content (AvgIpc) is 2.97. The molecule has 0 saturated heterocycles. The molecule has 2 heterocycles. The Balaban J connectivity index is 2.03. The minimum atomic E-state index is 0.780. The quantitative estimate of drug-likeness (QED) is 0.663. The molecular formula is C20H26N4. The molecule has 3 rings (SSSR count). The molecule has 0 radical (unpaired) electrons. The third kappa shape index (κ3) is 3.44. The number of pyridine rings is 1. The number of hydrogen-bond donors (Lipinski definition) is 1. The smallest absolute Gasteiger partial charge is 0.137 e. The van der Waals surface area contributed by atoms with E-state index in [0.717, 1.165) is 42.2 Å². The van der Waals surface area contributed by atoms with Crippen molar-refractivity contribution >= 4 is 11.3 Å². The second-order valence-electron chi connectivity index (χ2n) is 6.18. The van der Waals surface area contributed by atoms with Gasteiger partial charge < -0.3 is 10.1 Å². The van der Waals surface area contributed by atoms with Crippen LogP contribution in [0.1, 0.15) is 32.4 Å². The molecule has 2 aromatic heterocycles. The van der Waals surface area contributed by atoms with Gasteiger partial charge in [0.1, 0.15) is 5.65 Å². The number of imidazole rings is 1. The maximum Gasteiger partial charge on any atom is 0.137 e. The maximum atomic E-state index is 5.84. The third-order valence-corrected chi connectivity index (χ3v) is 4.46. The number of aromatic nitrogens is 2. The van der Waals surface area contributed by atoms with Crippen LogP contribution < -0.4 is 5.73 Å². The fraction of sp³-hybridized carbons (Fsp3) is 0.350. The van der Waals surface area contributed by atoms with Crippen molar-refractivity contribution < 1.29 is 0 Å². The van der Waals surface area contributed by atoms with Crippen molar-refractivity contribution in [3.63, 3.8) is 0 Å². The van der Waals surface area contributed by atoms with E-state index in [1.54, 1.807) is 0 Å². The molecule has 0 saturated carbocycles. The van der Waals surface area contributed by atoms with Crippen LogP contribution in [0.15, 0.2) is 48.7 Å². The third-order valence-electron chi connectivity index (χ3n) is 4.46. The first kappa shape index (κ1) is 16.5. The number of rotatable bonds is 7. The fourth-order valence-electron chi connectivity index (χ4n) is 3.01. The van der Waals surface area contributed by atoms with Crippen molar-refractivity contribution in [2.75, 3.05) is 18.8 Å². The van der Waals surface area contributed by atoms with Gasteiger partial charge in [-0.2, -0.15) is 0 Å². The van der Waals surface area contributed by atoms with E-state index < -0.39 is 0 Å². The Morgan fingerprint density at radius 1 is 1.08 bits per heavy atom. The van der Waals surface area contributed by atoms with Crippen LogP contribution in [0, 0.1) is 0 Å². The van der Waals surface area contributed by atoms with Gasteiger partial charge in [-0.25, -0.2) is 4.98 Å². The molecule has 0 aliphatic rings. The molecule has 126 valence electrons. The van der Waals surface area contributed by atoms with Gasteiger partial charge in [-0.3, -0.25) is 4.90 Å². The summed E-state index contributed by atoms with van der Waals surface area (Å²) in [5, 5.41) is 0. The lowest BCUT2D eigenvalue weighted by Gasteiger charge is -2.20. The van der Waals surface area contributed by atoms with Crippen molar-refractivity contribution in [3.8, 4) is 11.3 Å². The molecule has 0 aliphatic carbocycles. The van der Waals surface area contributed by atoms with Crippen molar-refractivity contribution in [3.05, 3.63) is 54.4 Å². The average molecular weight is 322 g/mol. The Morgan fingerprint density at radius 2 is 1.88 bits per heavy atom. The number of anilines is 1. The monoisotopic (exact) mass is 322 g/mol. The molecule has 0 amide bonds. The molecule has 0 unspecified atom stereocenters. The van der Waals surface area contributed by atoms with E-state index in [9.17, 15) is 0 Å². The number of nitrogens with zero attached hydrogens (tertiary/aromatic N) is 3. The van der Waals surface area contributed by atoms with Crippen molar-refractivity contribution in [1.29, 1.82) is 0 Å². The van der Waals surface area contributed by atoms with Crippen LogP contribution in [0.25, 0.3) is 16.9 Å². The van der Waals surface area contributed by atoms with Gasteiger partial charge in [-0.05, 0) is 43.8 Å². The SMILES string of the molecule is CCCCN(CC)Cc1c(-c2ccc(N)cc2)nc2ccccn12. The number of nitrogens with two attached hydrogens (primary N) is 1. The summed E-state index contributed by atoms with van der Waals surface area (Å²) in [4.78, 5) is 7.36. The second-order valence-corrected chi connectivity index (χ2v) is 6.18. The number of fused-ring (bicyclic) bond motifs is 1. The molecule has 0 atom stereocenters. The van der Waals surface area contributed by atoms with Gasteiger partial charge in [-0.15, -0.1) is 0 Å². The Hall–Kier alpha value is -2.33. The Bertz CT molecular complexity index is 789. The topological polar surface area (TPSA) is 46.6 Å². The minimum absolute atomic E-state index is 0.780. The largest absolute Gasteiger partial charge is 0.399 e. The Labute approximate surface area is 143 Å². The van der Waals surface area contributed by atoms with Gasteiger partial charge in [0.2, 0.25) is 0 Å². The summed E-state index contributed by atoms with van der Waals surface area (Å²) in [6.45, 7) is 7.53.